The van der Waals surface area contributed by atoms with Gasteiger partial charge in [0.05, 0.1) is 19.3 Å². The third-order valence-electron chi connectivity index (χ3n) is 4.48. The van der Waals surface area contributed by atoms with Gasteiger partial charge >= 0.3 is 0 Å². The summed E-state index contributed by atoms with van der Waals surface area (Å²) in [5, 5.41) is 6.65. The first kappa shape index (κ1) is 22.5. The number of ether oxygens (including phenoxy) is 3. The molecule has 0 bridgehead atoms. The van der Waals surface area contributed by atoms with Gasteiger partial charge in [0.25, 0.3) is 0 Å². The van der Waals surface area contributed by atoms with Crippen LogP contribution in [-0.4, -0.2) is 77.6 Å². The fraction of sp³-hybridized carbons (Fsp3) is 0.667. The van der Waals surface area contributed by atoms with E-state index in [9.17, 15) is 0 Å². The molecule has 0 spiro atoms. The van der Waals surface area contributed by atoms with Crippen LogP contribution in [0.1, 0.15) is 24.8 Å². The Morgan fingerprint density at radius 1 is 1.18 bits per heavy atom. The van der Waals surface area contributed by atoms with Crippen LogP contribution < -0.4 is 15.4 Å². The van der Waals surface area contributed by atoms with Gasteiger partial charge in [-0.3, -0.25) is 4.99 Å². The van der Waals surface area contributed by atoms with E-state index < -0.39 is 0 Å². The topological polar surface area (TPSA) is 67.4 Å². The number of guanidine groups is 1. The smallest absolute Gasteiger partial charge is 0.191 e. The second-order valence-corrected chi connectivity index (χ2v) is 7.21. The lowest BCUT2D eigenvalue weighted by Crippen LogP contribution is -2.37. The molecule has 1 aliphatic heterocycles. The summed E-state index contributed by atoms with van der Waals surface area (Å²) >= 11 is 0. The summed E-state index contributed by atoms with van der Waals surface area (Å²) in [6.07, 6.45) is 3.25. The summed E-state index contributed by atoms with van der Waals surface area (Å²) < 4.78 is 16.8. The lowest BCUT2D eigenvalue weighted by molar-refractivity contribution is 0.0420. The molecular weight excluding hydrogens is 356 g/mol. The minimum Gasteiger partial charge on any atom is -0.494 e. The van der Waals surface area contributed by atoms with Crippen molar-refractivity contribution in [1.82, 2.24) is 15.5 Å². The molecule has 7 nitrogen and oxygen atoms in total. The molecule has 1 unspecified atom stereocenters. The van der Waals surface area contributed by atoms with Crippen LogP contribution >= 0.6 is 0 Å². The molecule has 2 rings (SSSR count). The second kappa shape index (κ2) is 13.4. The highest BCUT2D eigenvalue weighted by Gasteiger charge is 2.15. The third-order valence-corrected chi connectivity index (χ3v) is 4.48. The fourth-order valence-corrected chi connectivity index (χ4v) is 2.85. The number of nitrogens with one attached hydrogen (secondary N) is 2. The van der Waals surface area contributed by atoms with Crippen molar-refractivity contribution in [2.24, 2.45) is 4.99 Å². The molecule has 158 valence electrons. The summed E-state index contributed by atoms with van der Waals surface area (Å²) in [6.45, 7) is 5.62. The molecule has 1 aromatic carbocycles. The largest absolute Gasteiger partial charge is 0.494 e. The molecule has 1 aromatic rings. The Morgan fingerprint density at radius 2 is 2.00 bits per heavy atom. The highest BCUT2D eigenvalue weighted by molar-refractivity contribution is 5.79. The van der Waals surface area contributed by atoms with E-state index in [0.29, 0.717) is 0 Å². The summed E-state index contributed by atoms with van der Waals surface area (Å²) in [6, 6.07) is 8.21. The molecule has 7 heteroatoms. The van der Waals surface area contributed by atoms with Gasteiger partial charge in [0.1, 0.15) is 5.75 Å². The van der Waals surface area contributed by atoms with E-state index >= 15 is 0 Å². The molecule has 0 aliphatic carbocycles. The molecule has 0 saturated carbocycles. The van der Waals surface area contributed by atoms with Crippen LogP contribution in [0.2, 0.25) is 0 Å². The zero-order valence-corrected chi connectivity index (χ0v) is 17.6. The van der Waals surface area contributed by atoms with E-state index in [1.807, 2.05) is 12.1 Å². The third kappa shape index (κ3) is 9.39. The minimum atomic E-state index is 0.275. The second-order valence-electron chi connectivity index (χ2n) is 7.21. The fourth-order valence-electron chi connectivity index (χ4n) is 2.85. The van der Waals surface area contributed by atoms with E-state index in [-0.39, 0.29) is 6.10 Å². The SMILES string of the molecule is CN=C(NCCCOC1CCOC1)NCc1ccc(OCCCN(C)C)cc1. The standard InChI is InChI=1S/C21H36N4O3/c1-22-21(23-11-4-13-28-20-10-15-26-17-20)24-16-18-6-8-19(9-7-18)27-14-5-12-25(2)3/h6-9,20H,4-5,10-17H2,1-3H3,(H2,22,23,24). The van der Waals surface area contributed by atoms with E-state index in [0.717, 1.165) is 77.0 Å². The number of rotatable bonds is 12. The van der Waals surface area contributed by atoms with E-state index in [4.69, 9.17) is 14.2 Å². The molecule has 0 amide bonds. The predicted octanol–water partition coefficient (Wildman–Crippen LogP) is 1.88. The number of nitrogens with zero attached hydrogens (tertiary/aromatic N) is 2. The molecule has 1 aliphatic rings. The van der Waals surface area contributed by atoms with Crippen LogP contribution in [0.15, 0.2) is 29.3 Å². The van der Waals surface area contributed by atoms with Gasteiger partial charge in [0.2, 0.25) is 0 Å². The molecule has 1 heterocycles. The van der Waals surface area contributed by atoms with Gasteiger partial charge in [-0.2, -0.15) is 0 Å². The Labute approximate surface area is 169 Å². The van der Waals surface area contributed by atoms with Gasteiger partial charge < -0.3 is 29.7 Å². The molecule has 28 heavy (non-hydrogen) atoms. The zero-order valence-electron chi connectivity index (χ0n) is 17.6. The van der Waals surface area contributed by atoms with Crippen LogP contribution in [0.25, 0.3) is 0 Å². The number of hydrogen-bond acceptors (Lipinski definition) is 5. The Balaban J connectivity index is 1.57. The van der Waals surface area contributed by atoms with E-state index in [1.165, 1.54) is 5.56 Å². The molecule has 0 radical (unpaired) electrons. The average molecular weight is 393 g/mol. The number of benzene rings is 1. The van der Waals surface area contributed by atoms with Crippen LogP contribution in [0.4, 0.5) is 0 Å². The Kier molecular flexibility index (Phi) is 10.7. The lowest BCUT2D eigenvalue weighted by Gasteiger charge is -2.14. The van der Waals surface area contributed by atoms with Crippen molar-refractivity contribution >= 4 is 5.96 Å². The Morgan fingerprint density at radius 3 is 2.68 bits per heavy atom. The Bertz CT molecular complexity index is 557. The molecule has 1 saturated heterocycles. The highest BCUT2D eigenvalue weighted by atomic mass is 16.5. The number of aliphatic imine (C=N–C) groups is 1. The maximum absolute atomic E-state index is 5.77. The van der Waals surface area contributed by atoms with Crippen LogP contribution in [0.5, 0.6) is 5.75 Å². The molecule has 0 aromatic heterocycles. The van der Waals surface area contributed by atoms with Crippen LogP contribution in [0.3, 0.4) is 0 Å². The first-order valence-electron chi connectivity index (χ1n) is 10.2. The Hall–Kier alpha value is -1.83. The van der Waals surface area contributed by atoms with Crippen molar-refractivity contribution in [2.75, 3.05) is 60.7 Å². The molecule has 2 N–H and O–H groups in total. The van der Waals surface area contributed by atoms with Crippen molar-refractivity contribution < 1.29 is 14.2 Å². The van der Waals surface area contributed by atoms with Crippen molar-refractivity contribution in [3.05, 3.63) is 29.8 Å². The predicted molar refractivity (Wildman–Crippen MR) is 113 cm³/mol. The number of hydrogen-bond donors (Lipinski definition) is 2. The van der Waals surface area contributed by atoms with E-state index in [2.05, 4.69) is 46.8 Å². The van der Waals surface area contributed by atoms with Crippen molar-refractivity contribution in [3.63, 3.8) is 0 Å². The molecule has 1 fully saturated rings. The summed E-state index contributed by atoms with van der Waals surface area (Å²) in [4.78, 5) is 6.43. The summed E-state index contributed by atoms with van der Waals surface area (Å²) in [5.41, 5.74) is 1.19. The van der Waals surface area contributed by atoms with Crippen molar-refractivity contribution in [3.8, 4) is 5.75 Å². The monoisotopic (exact) mass is 392 g/mol. The zero-order chi connectivity index (χ0) is 20.0. The molecule has 1 atom stereocenters. The van der Waals surface area contributed by atoms with Crippen LogP contribution in [0, 0.1) is 0 Å². The summed E-state index contributed by atoms with van der Waals surface area (Å²) in [7, 11) is 5.93. The van der Waals surface area contributed by atoms with Gasteiger partial charge in [-0.1, -0.05) is 12.1 Å². The molecular formula is C21H36N4O3. The van der Waals surface area contributed by atoms with Gasteiger partial charge in [-0.05, 0) is 51.1 Å². The summed E-state index contributed by atoms with van der Waals surface area (Å²) in [5.74, 6) is 1.71. The highest BCUT2D eigenvalue weighted by Crippen LogP contribution is 2.12. The normalized spacial score (nSPS) is 17.1. The van der Waals surface area contributed by atoms with Gasteiger partial charge in [-0.25, -0.2) is 0 Å². The van der Waals surface area contributed by atoms with Gasteiger partial charge in [-0.15, -0.1) is 0 Å². The van der Waals surface area contributed by atoms with Gasteiger partial charge in [0, 0.05) is 39.9 Å². The average Bonchev–Trinajstić information content (AvgIpc) is 3.21. The lowest BCUT2D eigenvalue weighted by atomic mass is 10.2. The van der Waals surface area contributed by atoms with Crippen molar-refractivity contribution in [2.45, 2.75) is 31.9 Å². The van der Waals surface area contributed by atoms with Crippen LogP contribution in [-0.2, 0) is 16.0 Å². The van der Waals surface area contributed by atoms with E-state index in [1.54, 1.807) is 7.05 Å². The first-order chi connectivity index (χ1) is 13.7. The minimum absolute atomic E-state index is 0.275. The van der Waals surface area contributed by atoms with Crippen molar-refractivity contribution in [1.29, 1.82) is 0 Å². The maximum Gasteiger partial charge on any atom is 0.191 e. The maximum atomic E-state index is 5.77. The first-order valence-corrected chi connectivity index (χ1v) is 10.2. The quantitative estimate of drug-likeness (QED) is 0.322. The van der Waals surface area contributed by atoms with Gasteiger partial charge in [0.15, 0.2) is 5.96 Å².